The summed E-state index contributed by atoms with van der Waals surface area (Å²) in [4.78, 5) is 9.79. The number of halogens is 3. The van der Waals surface area contributed by atoms with Crippen molar-refractivity contribution < 1.29 is 39.9 Å². The summed E-state index contributed by atoms with van der Waals surface area (Å²) in [7, 11) is -9.23. The smallest absolute Gasteiger partial charge is 0.417 e. The number of nitrogens with one attached hydrogen (secondary N) is 1. The third-order valence-corrected chi connectivity index (χ3v) is 8.57. The van der Waals surface area contributed by atoms with E-state index in [0.29, 0.717) is 18.2 Å². The third-order valence-electron chi connectivity index (χ3n) is 5.24. The number of nitriles is 1. The number of amides is 1. The van der Waals surface area contributed by atoms with Gasteiger partial charge in [0.25, 0.3) is 0 Å². The molecule has 0 saturated carbocycles. The zero-order valence-corrected chi connectivity index (χ0v) is 18.9. The molecule has 9 nitrogen and oxygen atoms in total. The van der Waals surface area contributed by atoms with Crippen LogP contribution in [0.15, 0.2) is 57.2 Å². The van der Waals surface area contributed by atoms with Crippen molar-refractivity contribution in [2.75, 3.05) is 13.1 Å². The van der Waals surface area contributed by atoms with Gasteiger partial charge in [-0.05, 0) is 55.3 Å². The average molecular weight is 518 g/mol. The van der Waals surface area contributed by atoms with Gasteiger partial charge in [-0.3, -0.25) is 0 Å². The zero-order chi connectivity index (χ0) is 25.3. The number of carboxylic acid groups (broad SMARTS) is 1. The lowest BCUT2D eigenvalue weighted by atomic mass is 10.1. The van der Waals surface area contributed by atoms with Gasteiger partial charge >= 0.3 is 12.3 Å². The first-order valence-electron chi connectivity index (χ1n) is 9.72. The second kappa shape index (κ2) is 9.24. The van der Waals surface area contributed by atoms with Gasteiger partial charge in [-0.15, -0.1) is 0 Å². The summed E-state index contributed by atoms with van der Waals surface area (Å²) >= 11 is 0. The second-order valence-electron chi connectivity index (χ2n) is 7.46. The largest absolute Gasteiger partial charge is 0.465 e. The summed E-state index contributed by atoms with van der Waals surface area (Å²) in [5.74, 6) is 0. The van der Waals surface area contributed by atoms with E-state index in [2.05, 4.69) is 4.72 Å². The van der Waals surface area contributed by atoms with E-state index >= 15 is 0 Å². The van der Waals surface area contributed by atoms with Crippen LogP contribution in [0.5, 0.6) is 0 Å². The number of carbonyl (C=O) groups is 1. The Morgan fingerprint density at radius 1 is 1.03 bits per heavy atom. The van der Waals surface area contributed by atoms with Crippen LogP contribution in [-0.2, 0) is 26.0 Å². The highest BCUT2D eigenvalue weighted by molar-refractivity contribution is 7.91. The summed E-state index contributed by atoms with van der Waals surface area (Å²) in [5, 5.41) is 17.8. The van der Waals surface area contributed by atoms with Gasteiger partial charge < -0.3 is 10.0 Å². The molecule has 1 aliphatic rings. The minimum absolute atomic E-state index is 0.0121. The summed E-state index contributed by atoms with van der Waals surface area (Å²) < 4.78 is 94.6. The van der Waals surface area contributed by atoms with Crippen molar-refractivity contribution >= 4 is 26.0 Å². The van der Waals surface area contributed by atoms with Crippen molar-refractivity contribution in [3.63, 3.8) is 0 Å². The molecule has 0 unspecified atom stereocenters. The lowest BCUT2D eigenvalue weighted by Crippen LogP contribution is -2.46. The zero-order valence-electron chi connectivity index (χ0n) is 17.3. The van der Waals surface area contributed by atoms with E-state index < -0.39 is 53.5 Å². The fourth-order valence-corrected chi connectivity index (χ4v) is 6.36. The number of alkyl halides is 3. The number of hydrogen-bond acceptors (Lipinski definition) is 6. The molecule has 0 radical (unpaired) electrons. The van der Waals surface area contributed by atoms with Crippen LogP contribution in [0.3, 0.4) is 0 Å². The van der Waals surface area contributed by atoms with Gasteiger partial charge in [-0.1, -0.05) is 0 Å². The maximum Gasteiger partial charge on any atom is 0.417 e. The molecular weight excluding hydrogens is 499 g/mol. The molecule has 1 aliphatic heterocycles. The fraction of sp³-hybridized carbons (Fsp3) is 0.300. The van der Waals surface area contributed by atoms with Crippen LogP contribution in [-0.4, -0.2) is 52.1 Å². The van der Waals surface area contributed by atoms with Crippen LogP contribution in [0.2, 0.25) is 0 Å². The van der Waals surface area contributed by atoms with E-state index in [1.807, 2.05) is 0 Å². The average Bonchev–Trinajstić information content (AvgIpc) is 2.78. The highest BCUT2D eigenvalue weighted by Gasteiger charge is 2.39. The Labute approximate surface area is 193 Å². The first kappa shape index (κ1) is 25.5. The van der Waals surface area contributed by atoms with Crippen LogP contribution in [0.4, 0.5) is 18.0 Å². The molecule has 1 fully saturated rings. The number of sulfonamides is 1. The van der Waals surface area contributed by atoms with Crippen LogP contribution in [0.25, 0.3) is 0 Å². The van der Waals surface area contributed by atoms with Gasteiger partial charge in [0.1, 0.15) is 0 Å². The molecule has 0 spiro atoms. The Morgan fingerprint density at radius 3 is 2.09 bits per heavy atom. The monoisotopic (exact) mass is 517 g/mol. The van der Waals surface area contributed by atoms with Crippen molar-refractivity contribution in [3.05, 3.63) is 53.6 Å². The number of rotatable bonds is 5. The molecule has 2 aromatic rings. The molecule has 0 atom stereocenters. The summed E-state index contributed by atoms with van der Waals surface area (Å²) in [6, 6.07) is 7.07. The first-order valence-corrected chi connectivity index (χ1v) is 12.7. The van der Waals surface area contributed by atoms with Gasteiger partial charge in [0.05, 0.1) is 31.9 Å². The van der Waals surface area contributed by atoms with E-state index in [0.717, 1.165) is 17.0 Å². The van der Waals surface area contributed by atoms with Crippen molar-refractivity contribution in [3.8, 4) is 6.07 Å². The second-order valence-corrected chi connectivity index (χ2v) is 11.1. The molecule has 1 saturated heterocycles. The van der Waals surface area contributed by atoms with Gasteiger partial charge in [-0.25, -0.2) is 26.4 Å². The van der Waals surface area contributed by atoms with E-state index in [9.17, 15) is 34.8 Å². The standard InChI is InChI=1S/C20H18F3N3O6S2/c21-20(22,23)17-6-5-16(33(29,30)15-3-1-13(12-24)2-4-15)11-18(17)34(31,32)25-14-7-9-26(10-8-14)19(27)28/h1-6,11,14,25H,7-10H2,(H,27,28). The van der Waals surface area contributed by atoms with Gasteiger partial charge in [0.15, 0.2) is 0 Å². The van der Waals surface area contributed by atoms with Crippen molar-refractivity contribution in [2.24, 2.45) is 0 Å². The van der Waals surface area contributed by atoms with Gasteiger partial charge in [0.2, 0.25) is 19.9 Å². The number of hydrogen-bond donors (Lipinski definition) is 2. The molecule has 1 amide bonds. The highest BCUT2D eigenvalue weighted by atomic mass is 32.2. The molecule has 34 heavy (non-hydrogen) atoms. The number of likely N-dealkylation sites (tertiary alicyclic amines) is 1. The molecule has 0 bridgehead atoms. The molecule has 0 aliphatic carbocycles. The Hall–Kier alpha value is -3.15. The Kier molecular flexibility index (Phi) is 6.92. The van der Waals surface area contributed by atoms with Crippen LogP contribution in [0, 0.1) is 11.3 Å². The van der Waals surface area contributed by atoms with Crippen molar-refractivity contribution in [2.45, 2.75) is 39.7 Å². The molecule has 1 heterocycles. The molecule has 3 rings (SSSR count). The van der Waals surface area contributed by atoms with Crippen LogP contribution < -0.4 is 4.72 Å². The molecule has 14 heteroatoms. The number of benzene rings is 2. The topological polar surface area (TPSA) is 145 Å². The van der Waals surface area contributed by atoms with E-state index in [-0.39, 0.29) is 36.4 Å². The van der Waals surface area contributed by atoms with E-state index in [4.69, 9.17) is 10.4 Å². The lowest BCUT2D eigenvalue weighted by molar-refractivity contribution is -0.139. The quantitative estimate of drug-likeness (QED) is 0.620. The summed E-state index contributed by atoms with van der Waals surface area (Å²) in [6.45, 7) is -0.0243. The number of sulfone groups is 1. The maximum absolute atomic E-state index is 13.6. The van der Waals surface area contributed by atoms with Crippen molar-refractivity contribution in [1.82, 2.24) is 9.62 Å². The van der Waals surface area contributed by atoms with Crippen LogP contribution >= 0.6 is 0 Å². The molecule has 2 N–H and O–H groups in total. The molecule has 182 valence electrons. The predicted octanol–water partition coefficient (Wildman–Crippen LogP) is 2.83. The van der Waals surface area contributed by atoms with Crippen molar-refractivity contribution in [1.29, 1.82) is 5.26 Å². The third kappa shape index (κ3) is 5.32. The summed E-state index contributed by atoms with van der Waals surface area (Å²) in [6.07, 6.45) is -6.21. The predicted molar refractivity (Wildman–Crippen MR) is 111 cm³/mol. The minimum atomic E-state index is -5.09. The van der Waals surface area contributed by atoms with Gasteiger partial charge in [0, 0.05) is 19.1 Å². The van der Waals surface area contributed by atoms with E-state index in [1.54, 1.807) is 6.07 Å². The highest BCUT2D eigenvalue weighted by Crippen LogP contribution is 2.36. The minimum Gasteiger partial charge on any atom is -0.465 e. The Balaban J connectivity index is 2.00. The molecule has 2 aromatic carbocycles. The molecular formula is C20H18F3N3O6S2. The Bertz CT molecular complexity index is 1340. The normalized spacial score (nSPS) is 15.6. The maximum atomic E-state index is 13.6. The molecule has 0 aromatic heterocycles. The van der Waals surface area contributed by atoms with Gasteiger partial charge in [-0.2, -0.15) is 18.4 Å². The number of nitrogens with zero attached hydrogens (tertiary/aromatic N) is 2. The number of piperidine rings is 1. The summed E-state index contributed by atoms with van der Waals surface area (Å²) in [5.41, 5.74) is -1.38. The van der Waals surface area contributed by atoms with E-state index in [1.165, 1.54) is 12.1 Å². The fourth-order valence-electron chi connectivity index (χ4n) is 3.44. The Morgan fingerprint density at radius 2 is 1.59 bits per heavy atom. The SMILES string of the molecule is N#Cc1ccc(S(=O)(=O)c2ccc(C(F)(F)F)c(S(=O)(=O)NC3CCN(C(=O)O)CC3)c2)cc1. The first-order chi connectivity index (χ1) is 15.8. The lowest BCUT2D eigenvalue weighted by Gasteiger charge is -2.30. The van der Waals surface area contributed by atoms with Crippen LogP contribution in [0.1, 0.15) is 24.0 Å².